The van der Waals surface area contributed by atoms with Gasteiger partial charge in [0.2, 0.25) is 11.8 Å². The van der Waals surface area contributed by atoms with Gasteiger partial charge in [0.15, 0.2) is 0 Å². The summed E-state index contributed by atoms with van der Waals surface area (Å²) in [5, 5.41) is 2.90. The van der Waals surface area contributed by atoms with Crippen LogP contribution in [0.15, 0.2) is 42.5 Å². The molecule has 154 valence electrons. The van der Waals surface area contributed by atoms with Crippen LogP contribution >= 0.6 is 0 Å². The summed E-state index contributed by atoms with van der Waals surface area (Å²) >= 11 is 0. The minimum absolute atomic E-state index is 0.0240. The second kappa shape index (κ2) is 8.99. The van der Waals surface area contributed by atoms with Gasteiger partial charge in [0.1, 0.15) is 11.5 Å². The van der Waals surface area contributed by atoms with Gasteiger partial charge in [-0.15, -0.1) is 0 Å². The van der Waals surface area contributed by atoms with Gasteiger partial charge in [-0.3, -0.25) is 9.59 Å². The highest BCUT2D eigenvalue weighted by atomic mass is 16.5. The summed E-state index contributed by atoms with van der Waals surface area (Å²) in [5.41, 5.74) is 2.63. The van der Waals surface area contributed by atoms with Gasteiger partial charge in [-0.25, -0.2) is 0 Å². The summed E-state index contributed by atoms with van der Waals surface area (Å²) in [7, 11) is 3.12. The van der Waals surface area contributed by atoms with Crippen molar-refractivity contribution in [1.29, 1.82) is 0 Å². The van der Waals surface area contributed by atoms with E-state index >= 15 is 0 Å². The molecule has 2 aromatic rings. The molecule has 0 unspecified atom stereocenters. The Hall–Kier alpha value is -3.02. The molecule has 0 bridgehead atoms. The van der Waals surface area contributed by atoms with Gasteiger partial charge >= 0.3 is 0 Å². The number of methoxy groups -OCH3 is 2. The summed E-state index contributed by atoms with van der Waals surface area (Å²) in [6.07, 6.45) is 1.18. The minimum atomic E-state index is -0.412. The standard InChI is InChI=1S/C23H28N2O4/c1-5-15(2)20-8-6-7-9-21(20)25-14-16(10-22(25)26)23(27)24-17-11-18(28-3)13-19(12-17)29-4/h6-9,11-13,15-16H,5,10,14H2,1-4H3,(H,24,27)/t15-,16-/m0/s1. The second-order valence-corrected chi connectivity index (χ2v) is 7.36. The van der Waals surface area contributed by atoms with Crippen molar-refractivity contribution < 1.29 is 19.1 Å². The van der Waals surface area contributed by atoms with E-state index in [1.165, 1.54) is 0 Å². The average molecular weight is 396 g/mol. The Kier molecular flexibility index (Phi) is 6.42. The molecule has 2 aromatic carbocycles. The van der Waals surface area contributed by atoms with Crippen LogP contribution in [0.4, 0.5) is 11.4 Å². The van der Waals surface area contributed by atoms with Crippen LogP contribution in [-0.2, 0) is 9.59 Å². The van der Waals surface area contributed by atoms with Crippen molar-refractivity contribution >= 4 is 23.2 Å². The summed E-state index contributed by atoms with van der Waals surface area (Å²) in [4.78, 5) is 27.3. The van der Waals surface area contributed by atoms with Crippen molar-refractivity contribution in [2.24, 2.45) is 5.92 Å². The van der Waals surface area contributed by atoms with E-state index in [-0.39, 0.29) is 18.2 Å². The SMILES string of the molecule is CC[C@H](C)c1ccccc1N1C[C@@H](C(=O)Nc2cc(OC)cc(OC)c2)CC1=O. The molecule has 29 heavy (non-hydrogen) atoms. The van der Waals surface area contributed by atoms with Crippen LogP contribution in [0.2, 0.25) is 0 Å². The van der Waals surface area contributed by atoms with E-state index < -0.39 is 5.92 Å². The molecule has 3 rings (SSSR count). The molecule has 0 aliphatic carbocycles. The van der Waals surface area contributed by atoms with Crippen molar-refractivity contribution in [2.45, 2.75) is 32.6 Å². The molecule has 1 aliphatic rings. The highest BCUT2D eigenvalue weighted by Crippen LogP contribution is 2.34. The molecule has 1 fully saturated rings. The fourth-order valence-corrected chi connectivity index (χ4v) is 3.61. The van der Waals surface area contributed by atoms with Crippen LogP contribution in [0.5, 0.6) is 11.5 Å². The van der Waals surface area contributed by atoms with Gasteiger partial charge in [-0.05, 0) is 24.0 Å². The first-order valence-electron chi connectivity index (χ1n) is 9.90. The number of nitrogens with zero attached hydrogens (tertiary/aromatic N) is 1. The van der Waals surface area contributed by atoms with Crippen molar-refractivity contribution in [3.8, 4) is 11.5 Å². The van der Waals surface area contributed by atoms with Crippen molar-refractivity contribution in [1.82, 2.24) is 0 Å². The molecule has 1 saturated heterocycles. The van der Waals surface area contributed by atoms with E-state index in [0.29, 0.717) is 29.6 Å². The van der Waals surface area contributed by atoms with Crippen molar-refractivity contribution in [3.63, 3.8) is 0 Å². The molecule has 0 aromatic heterocycles. The Morgan fingerprint density at radius 1 is 1.17 bits per heavy atom. The number of rotatable bonds is 7. The summed E-state index contributed by atoms with van der Waals surface area (Å²) in [6.45, 7) is 4.66. The monoisotopic (exact) mass is 396 g/mol. The number of hydrogen-bond donors (Lipinski definition) is 1. The molecular formula is C23H28N2O4. The molecule has 6 heteroatoms. The van der Waals surface area contributed by atoms with Crippen LogP contribution in [0, 0.1) is 5.92 Å². The number of carbonyl (C=O) groups is 2. The van der Waals surface area contributed by atoms with E-state index in [4.69, 9.17) is 9.47 Å². The molecule has 0 radical (unpaired) electrons. The predicted octanol–water partition coefficient (Wildman–Crippen LogP) is 4.21. The van der Waals surface area contributed by atoms with Crippen molar-refractivity contribution in [3.05, 3.63) is 48.0 Å². The summed E-state index contributed by atoms with van der Waals surface area (Å²) in [6, 6.07) is 13.2. The molecule has 6 nitrogen and oxygen atoms in total. The Morgan fingerprint density at radius 3 is 2.45 bits per heavy atom. The smallest absolute Gasteiger partial charge is 0.229 e. The fourth-order valence-electron chi connectivity index (χ4n) is 3.61. The van der Waals surface area contributed by atoms with Crippen LogP contribution in [0.1, 0.15) is 38.2 Å². The molecule has 1 N–H and O–H groups in total. The molecule has 2 atom stereocenters. The average Bonchev–Trinajstić information content (AvgIpc) is 3.14. The Balaban J connectivity index is 1.76. The second-order valence-electron chi connectivity index (χ2n) is 7.36. The number of nitrogens with one attached hydrogen (secondary N) is 1. The third-order valence-electron chi connectivity index (χ3n) is 5.49. The highest BCUT2D eigenvalue weighted by Gasteiger charge is 2.36. The molecule has 1 heterocycles. The Morgan fingerprint density at radius 2 is 1.83 bits per heavy atom. The number of para-hydroxylation sites is 1. The maximum absolute atomic E-state index is 12.8. The van der Waals surface area contributed by atoms with Crippen LogP contribution in [0.3, 0.4) is 0 Å². The van der Waals surface area contributed by atoms with Crippen molar-refractivity contribution in [2.75, 3.05) is 31.0 Å². The minimum Gasteiger partial charge on any atom is -0.497 e. The highest BCUT2D eigenvalue weighted by molar-refractivity contribution is 6.04. The van der Waals surface area contributed by atoms with Gasteiger partial charge < -0.3 is 19.7 Å². The van der Waals surface area contributed by atoms with E-state index in [2.05, 4.69) is 25.2 Å². The maximum Gasteiger partial charge on any atom is 0.229 e. The first-order chi connectivity index (χ1) is 14.0. The lowest BCUT2D eigenvalue weighted by Gasteiger charge is -2.23. The Bertz CT molecular complexity index is 874. The lowest BCUT2D eigenvalue weighted by Crippen LogP contribution is -2.29. The molecule has 1 aliphatic heterocycles. The van der Waals surface area contributed by atoms with Gasteiger partial charge in [0, 0.05) is 42.5 Å². The van der Waals surface area contributed by atoms with E-state index in [1.807, 2.05) is 18.2 Å². The van der Waals surface area contributed by atoms with E-state index in [0.717, 1.165) is 17.7 Å². The molecule has 2 amide bonds. The first kappa shape index (κ1) is 20.7. The number of ether oxygens (including phenoxy) is 2. The first-order valence-corrected chi connectivity index (χ1v) is 9.90. The zero-order chi connectivity index (χ0) is 21.0. The van der Waals surface area contributed by atoms with Gasteiger partial charge in [0.05, 0.1) is 20.1 Å². The third-order valence-corrected chi connectivity index (χ3v) is 5.49. The number of hydrogen-bond acceptors (Lipinski definition) is 4. The predicted molar refractivity (Wildman–Crippen MR) is 114 cm³/mol. The molecular weight excluding hydrogens is 368 g/mol. The largest absolute Gasteiger partial charge is 0.497 e. The van der Waals surface area contributed by atoms with Gasteiger partial charge in [-0.2, -0.15) is 0 Å². The van der Waals surface area contributed by atoms with E-state index in [9.17, 15) is 9.59 Å². The summed E-state index contributed by atoms with van der Waals surface area (Å²) in [5.74, 6) is 0.902. The third kappa shape index (κ3) is 4.53. The van der Waals surface area contributed by atoms with Crippen LogP contribution in [-0.4, -0.2) is 32.6 Å². The maximum atomic E-state index is 12.8. The fraction of sp³-hybridized carbons (Fsp3) is 0.391. The summed E-state index contributed by atoms with van der Waals surface area (Å²) < 4.78 is 10.5. The number of amides is 2. The molecule has 0 saturated carbocycles. The zero-order valence-electron chi connectivity index (χ0n) is 17.4. The quantitative estimate of drug-likeness (QED) is 0.761. The zero-order valence-corrected chi connectivity index (χ0v) is 17.4. The Labute approximate surface area is 171 Å². The number of benzene rings is 2. The van der Waals surface area contributed by atoms with Gasteiger partial charge in [0.25, 0.3) is 0 Å². The number of carbonyl (C=O) groups excluding carboxylic acids is 2. The van der Waals surface area contributed by atoms with Gasteiger partial charge in [-0.1, -0.05) is 32.0 Å². The normalized spacial score (nSPS) is 17.2. The van der Waals surface area contributed by atoms with E-state index in [1.54, 1.807) is 37.3 Å². The lowest BCUT2D eigenvalue weighted by molar-refractivity contribution is -0.122. The lowest BCUT2D eigenvalue weighted by atomic mass is 9.96. The van der Waals surface area contributed by atoms with Crippen LogP contribution in [0.25, 0.3) is 0 Å². The number of anilines is 2. The van der Waals surface area contributed by atoms with Crippen LogP contribution < -0.4 is 19.7 Å². The topological polar surface area (TPSA) is 67.9 Å². The molecule has 0 spiro atoms.